The van der Waals surface area contributed by atoms with Gasteiger partial charge in [-0.2, -0.15) is 0 Å². The Balaban J connectivity index is 1.91. The van der Waals surface area contributed by atoms with Crippen LogP contribution in [-0.2, 0) is 6.42 Å². The molecule has 1 nitrogen and oxygen atoms in total. The summed E-state index contributed by atoms with van der Waals surface area (Å²) in [7, 11) is 0. The average Bonchev–Trinajstić information content (AvgIpc) is 2.75. The second kappa shape index (κ2) is 6.56. The normalized spacial score (nSPS) is 14.3. The molecule has 0 saturated heterocycles. The van der Waals surface area contributed by atoms with E-state index in [9.17, 15) is 0 Å². The predicted octanol–water partition coefficient (Wildman–Crippen LogP) is 4.99. The Morgan fingerprint density at radius 2 is 1.79 bits per heavy atom. The fourth-order valence-corrected chi connectivity index (χ4v) is 3.38. The Labute approximate surface area is 124 Å². The molecule has 0 spiro atoms. The molecule has 1 heterocycles. The summed E-state index contributed by atoms with van der Waals surface area (Å²) in [5, 5.41) is 4.43. The molecule has 1 N–H and O–H groups in total. The number of halogens is 1. The molecule has 2 aromatic rings. The van der Waals surface area contributed by atoms with Crippen molar-refractivity contribution in [2.75, 3.05) is 0 Å². The molecule has 1 aromatic carbocycles. The lowest BCUT2D eigenvalue weighted by Gasteiger charge is -2.20. The quantitative estimate of drug-likeness (QED) is 0.819. The van der Waals surface area contributed by atoms with Crippen LogP contribution in [0.1, 0.15) is 35.2 Å². The van der Waals surface area contributed by atoms with Crippen LogP contribution in [0.2, 0.25) is 5.02 Å². The lowest BCUT2D eigenvalue weighted by atomic mass is 10.1. The molecule has 3 heteroatoms. The third-order valence-corrected chi connectivity index (χ3v) is 4.48. The van der Waals surface area contributed by atoms with Gasteiger partial charge in [0.15, 0.2) is 0 Å². The van der Waals surface area contributed by atoms with Crippen molar-refractivity contribution in [2.45, 2.75) is 39.3 Å². The predicted molar refractivity (Wildman–Crippen MR) is 85.2 cm³/mol. The van der Waals surface area contributed by atoms with E-state index in [0.717, 1.165) is 11.4 Å². The van der Waals surface area contributed by atoms with E-state index in [0.29, 0.717) is 12.1 Å². The number of nitrogens with one attached hydrogen (secondary N) is 1. The summed E-state index contributed by atoms with van der Waals surface area (Å²) in [6.07, 6.45) is 1.08. The van der Waals surface area contributed by atoms with Gasteiger partial charge in [0.1, 0.15) is 0 Å². The van der Waals surface area contributed by atoms with Crippen molar-refractivity contribution in [1.29, 1.82) is 0 Å². The first-order valence-corrected chi connectivity index (χ1v) is 7.81. The van der Waals surface area contributed by atoms with Crippen molar-refractivity contribution < 1.29 is 0 Å². The molecule has 0 fully saturated rings. The second-order valence-corrected chi connectivity index (χ2v) is 6.87. The molecule has 0 aliphatic carbocycles. The summed E-state index contributed by atoms with van der Waals surface area (Å²) in [4.78, 5) is 2.83. The first kappa shape index (κ1) is 14.6. The highest BCUT2D eigenvalue weighted by Gasteiger charge is 2.10. The SMILES string of the molecule is Cc1ccc(CC(C)NC(C)c2ccc(Cl)cc2)s1. The minimum absolute atomic E-state index is 0.341. The van der Waals surface area contributed by atoms with Crippen molar-refractivity contribution in [3.63, 3.8) is 0 Å². The highest BCUT2D eigenvalue weighted by Crippen LogP contribution is 2.19. The van der Waals surface area contributed by atoms with Gasteiger partial charge in [-0.25, -0.2) is 0 Å². The van der Waals surface area contributed by atoms with Crippen LogP contribution in [0.3, 0.4) is 0 Å². The summed E-state index contributed by atoms with van der Waals surface area (Å²) in [6.45, 7) is 6.59. The molecule has 0 aliphatic heterocycles. The Morgan fingerprint density at radius 1 is 1.11 bits per heavy atom. The van der Waals surface area contributed by atoms with Crippen LogP contribution in [0.5, 0.6) is 0 Å². The van der Waals surface area contributed by atoms with Crippen LogP contribution in [0.15, 0.2) is 36.4 Å². The molecule has 1 aromatic heterocycles. The van der Waals surface area contributed by atoms with Crippen molar-refractivity contribution in [1.82, 2.24) is 5.32 Å². The van der Waals surface area contributed by atoms with E-state index in [4.69, 9.17) is 11.6 Å². The van der Waals surface area contributed by atoms with Gasteiger partial charge in [-0.3, -0.25) is 0 Å². The number of hydrogen-bond donors (Lipinski definition) is 1. The van der Waals surface area contributed by atoms with Gasteiger partial charge in [0.2, 0.25) is 0 Å². The van der Waals surface area contributed by atoms with Crippen LogP contribution in [0.25, 0.3) is 0 Å². The molecular formula is C16H20ClNS. The number of benzene rings is 1. The van der Waals surface area contributed by atoms with E-state index < -0.39 is 0 Å². The third-order valence-electron chi connectivity index (χ3n) is 3.21. The summed E-state index contributed by atoms with van der Waals surface area (Å²) in [5.74, 6) is 0. The van der Waals surface area contributed by atoms with Crippen LogP contribution in [-0.4, -0.2) is 6.04 Å². The highest BCUT2D eigenvalue weighted by atomic mass is 35.5. The molecule has 0 radical (unpaired) electrons. The third kappa shape index (κ3) is 4.34. The van der Waals surface area contributed by atoms with Gasteiger partial charge in [-0.1, -0.05) is 23.7 Å². The van der Waals surface area contributed by atoms with Gasteiger partial charge in [0.05, 0.1) is 0 Å². The molecule has 19 heavy (non-hydrogen) atoms. The summed E-state index contributed by atoms with van der Waals surface area (Å²) in [5.41, 5.74) is 1.28. The minimum Gasteiger partial charge on any atom is -0.307 e. The summed E-state index contributed by atoms with van der Waals surface area (Å²) >= 11 is 7.80. The Hall–Kier alpha value is -0.830. The molecule has 0 bridgehead atoms. The Bertz CT molecular complexity index is 518. The standard InChI is InChI=1S/C16H20ClNS/c1-11(10-16-9-4-12(2)19-16)18-13(3)14-5-7-15(17)8-6-14/h4-9,11,13,18H,10H2,1-3H3. The van der Waals surface area contributed by atoms with Gasteiger partial charge in [0.25, 0.3) is 0 Å². The maximum atomic E-state index is 5.91. The van der Waals surface area contributed by atoms with Gasteiger partial charge < -0.3 is 5.32 Å². The van der Waals surface area contributed by atoms with Crippen molar-refractivity contribution in [2.24, 2.45) is 0 Å². The topological polar surface area (TPSA) is 12.0 Å². The van der Waals surface area contributed by atoms with E-state index in [2.05, 4.69) is 50.4 Å². The van der Waals surface area contributed by atoms with E-state index in [1.165, 1.54) is 15.3 Å². The summed E-state index contributed by atoms with van der Waals surface area (Å²) < 4.78 is 0. The molecule has 102 valence electrons. The zero-order valence-corrected chi connectivity index (χ0v) is 13.2. The molecular weight excluding hydrogens is 274 g/mol. The lowest BCUT2D eigenvalue weighted by molar-refractivity contribution is 0.479. The molecule has 2 rings (SSSR count). The zero-order chi connectivity index (χ0) is 13.8. The molecule has 0 amide bonds. The smallest absolute Gasteiger partial charge is 0.0406 e. The van der Waals surface area contributed by atoms with Crippen LogP contribution in [0, 0.1) is 6.92 Å². The van der Waals surface area contributed by atoms with Gasteiger partial charge in [-0.05, 0) is 57.0 Å². The first-order valence-electron chi connectivity index (χ1n) is 6.61. The zero-order valence-electron chi connectivity index (χ0n) is 11.6. The number of hydrogen-bond acceptors (Lipinski definition) is 2. The van der Waals surface area contributed by atoms with Gasteiger partial charge in [0, 0.05) is 26.9 Å². The van der Waals surface area contributed by atoms with E-state index in [1.54, 1.807) is 0 Å². The molecule has 2 unspecified atom stereocenters. The maximum absolute atomic E-state index is 5.91. The van der Waals surface area contributed by atoms with E-state index in [-0.39, 0.29) is 0 Å². The van der Waals surface area contributed by atoms with Crippen molar-refractivity contribution >= 4 is 22.9 Å². The molecule has 0 saturated carbocycles. The minimum atomic E-state index is 0.341. The number of aryl methyl sites for hydroxylation is 1. The Morgan fingerprint density at radius 3 is 2.37 bits per heavy atom. The first-order chi connectivity index (χ1) is 9.04. The molecule has 2 atom stereocenters. The van der Waals surface area contributed by atoms with Crippen LogP contribution < -0.4 is 5.32 Å². The number of thiophene rings is 1. The maximum Gasteiger partial charge on any atom is 0.0406 e. The van der Waals surface area contributed by atoms with Crippen molar-refractivity contribution in [3.05, 3.63) is 56.7 Å². The van der Waals surface area contributed by atoms with Crippen LogP contribution in [0.4, 0.5) is 0 Å². The average molecular weight is 294 g/mol. The summed E-state index contributed by atoms with van der Waals surface area (Å²) in [6, 6.07) is 13.3. The fraction of sp³-hybridized carbons (Fsp3) is 0.375. The van der Waals surface area contributed by atoms with Gasteiger partial charge in [-0.15, -0.1) is 11.3 Å². The van der Waals surface area contributed by atoms with E-state index in [1.807, 2.05) is 23.5 Å². The van der Waals surface area contributed by atoms with E-state index >= 15 is 0 Å². The van der Waals surface area contributed by atoms with Crippen molar-refractivity contribution in [3.8, 4) is 0 Å². The highest BCUT2D eigenvalue weighted by molar-refractivity contribution is 7.11. The van der Waals surface area contributed by atoms with Crippen LogP contribution >= 0.6 is 22.9 Å². The Kier molecular flexibility index (Phi) is 5.03. The number of rotatable bonds is 5. The second-order valence-electron chi connectivity index (χ2n) is 5.06. The van der Waals surface area contributed by atoms with Gasteiger partial charge >= 0.3 is 0 Å². The largest absolute Gasteiger partial charge is 0.307 e. The fourth-order valence-electron chi connectivity index (χ4n) is 2.23. The monoisotopic (exact) mass is 293 g/mol. The lowest BCUT2D eigenvalue weighted by Crippen LogP contribution is -2.30. The molecule has 0 aliphatic rings.